The molecule has 2 aromatic rings. The molecule has 2 fully saturated rings. The predicted octanol–water partition coefficient (Wildman–Crippen LogP) is 5.74. The summed E-state index contributed by atoms with van der Waals surface area (Å²) in [5, 5.41) is 2.74. The second kappa shape index (κ2) is 9.96. The molecule has 29 heavy (non-hydrogen) atoms. The summed E-state index contributed by atoms with van der Waals surface area (Å²) in [7, 11) is 3.75. The average Bonchev–Trinajstić information content (AvgIpc) is 2.71. The van der Waals surface area contributed by atoms with Crippen LogP contribution in [0.1, 0.15) is 32.1 Å². The molecule has 0 radical (unpaired) electrons. The molecule has 0 unspecified atom stereocenters. The van der Waals surface area contributed by atoms with E-state index in [9.17, 15) is 8.78 Å². The average molecular weight is 441 g/mol. The van der Waals surface area contributed by atoms with Crippen molar-refractivity contribution in [1.29, 1.82) is 0 Å². The van der Waals surface area contributed by atoms with Crippen LogP contribution in [-0.2, 0) is 0 Å². The van der Waals surface area contributed by atoms with Gasteiger partial charge in [-0.15, -0.1) is 0 Å². The molecule has 158 valence electrons. The molecule has 0 bridgehead atoms. The third-order valence-corrected chi connectivity index (χ3v) is 6.58. The number of nitrogens with zero attached hydrogens (tertiary/aromatic N) is 2. The summed E-state index contributed by atoms with van der Waals surface area (Å²) < 4.78 is 32.1. The molecular weight excluding hydrogens is 414 g/mol. The van der Waals surface area contributed by atoms with Gasteiger partial charge >= 0.3 is 0 Å². The third kappa shape index (κ3) is 5.13. The summed E-state index contributed by atoms with van der Waals surface area (Å²) in [5.74, 6) is -0.807. The van der Waals surface area contributed by atoms with Gasteiger partial charge in [0.05, 0.1) is 5.69 Å². The monoisotopic (exact) mass is 440 g/mol. The standard InChI is InChI=1S/C19H20ClF2N3S.C2H7N/c20-16-14(25-11-19(12-25)7-3-1-4-8-19)10-13(21)18(17(16)22)26-24-15-6-2-5-9-23-15;1-3-2/h2,5-6,9-10H,1,3-4,7-8,11-12H2,(H,23,24);3H,1-2H3. The molecule has 2 N–H and O–H groups in total. The highest BCUT2D eigenvalue weighted by Crippen LogP contribution is 2.48. The Morgan fingerprint density at radius 2 is 1.83 bits per heavy atom. The SMILES string of the molecule is CNC.Fc1cc(N2CC3(CCCCC3)C2)c(Cl)c(F)c1SNc1ccccn1. The van der Waals surface area contributed by atoms with Gasteiger partial charge < -0.3 is 14.9 Å². The number of halogens is 3. The summed E-state index contributed by atoms with van der Waals surface area (Å²) in [6, 6.07) is 6.64. The van der Waals surface area contributed by atoms with Crippen molar-refractivity contribution in [2.75, 3.05) is 36.8 Å². The second-order valence-electron chi connectivity index (χ2n) is 7.67. The van der Waals surface area contributed by atoms with Crippen molar-refractivity contribution in [1.82, 2.24) is 10.3 Å². The van der Waals surface area contributed by atoms with Gasteiger partial charge in [0.15, 0.2) is 5.82 Å². The largest absolute Gasteiger partial charge is 0.369 e. The van der Waals surface area contributed by atoms with E-state index in [1.807, 2.05) is 19.0 Å². The summed E-state index contributed by atoms with van der Waals surface area (Å²) in [6.45, 7) is 1.68. The Morgan fingerprint density at radius 1 is 1.14 bits per heavy atom. The molecule has 1 aliphatic carbocycles. The summed E-state index contributed by atoms with van der Waals surface area (Å²) in [6.07, 6.45) is 7.80. The first-order valence-electron chi connectivity index (χ1n) is 9.84. The Labute approximate surface area is 180 Å². The minimum Gasteiger partial charge on any atom is -0.369 e. The van der Waals surface area contributed by atoms with Crippen molar-refractivity contribution < 1.29 is 8.78 Å². The molecule has 8 heteroatoms. The molecule has 1 saturated carbocycles. The maximum absolute atomic E-state index is 14.7. The normalized spacial score (nSPS) is 17.3. The quantitative estimate of drug-likeness (QED) is 0.468. The van der Waals surface area contributed by atoms with E-state index in [0.717, 1.165) is 25.0 Å². The van der Waals surface area contributed by atoms with Crippen molar-refractivity contribution >= 4 is 35.1 Å². The van der Waals surface area contributed by atoms with Crippen LogP contribution in [0, 0.1) is 17.0 Å². The fourth-order valence-electron chi connectivity index (χ4n) is 3.97. The zero-order valence-electron chi connectivity index (χ0n) is 16.8. The van der Waals surface area contributed by atoms with E-state index in [4.69, 9.17) is 11.6 Å². The van der Waals surface area contributed by atoms with Crippen LogP contribution >= 0.6 is 23.5 Å². The molecule has 2 heterocycles. The Bertz CT molecular complexity index is 808. The van der Waals surface area contributed by atoms with Crippen LogP contribution in [0.4, 0.5) is 20.3 Å². The molecule has 4 rings (SSSR count). The summed E-state index contributed by atoms with van der Waals surface area (Å²) in [4.78, 5) is 5.93. The van der Waals surface area contributed by atoms with Crippen molar-refractivity contribution in [2.45, 2.75) is 37.0 Å². The molecule has 1 aromatic carbocycles. The zero-order chi connectivity index (χ0) is 20.9. The van der Waals surface area contributed by atoms with E-state index >= 15 is 0 Å². The highest BCUT2D eigenvalue weighted by atomic mass is 35.5. The van der Waals surface area contributed by atoms with Crippen LogP contribution in [0.15, 0.2) is 35.4 Å². The second-order valence-corrected chi connectivity index (χ2v) is 8.86. The summed E-state index contributed by atoms with van der Waals surface area (Å²) in [5.41, 5.74) is 0.780. The molecule has 2 aliphatic rings. The van der Waals surface area contributed by atoms with Crippen molar-refractivity contribution in [3.05, 3.63) is 47.1 Å². The molecule has 1 saturated heterocycles. The van der Waals surface area contributed by atoms with Gasteiger partial charge in [-0.1, -0.05) is 36.9 Å². The van der Waals surface area contributed by atoms with Gasteiger partial charge in [0.25, 0.3) is 0 Å². The van der Waals surface area contributed by atoms with Crippen molar-refractivity contribution in [3.63, 3.8) is 0 Å². The van der Waals surface area contributed by atoms with Gasteiger partial charge in [0.2, 0.25) is 0 Å². The van der Waals surface area contributed by atoms with Gasteiger partial charge in [-0.05, 0) is 51.0 Å². The highest BCUT2D eigenvalue weighted by molar-refractivity contribution is 8.00. The smallest absolute Gasteiger partial charge is 0.162 e. The van der Waals surface area contributed by atoms with Gasteiger partial charge in [-0.25, -0.2) is 13.8 Å². The predicted molar refractivity (Wildman–Crippen MR) is 118 cm³/mol. The van der Waals surface area contributed by atoms with Crippen molar-refractivity contribution in [2.24, 2.45) is 5.41 Å². The van der Waals surface area contributed by atoms with Crippen LogP contribution in [0.5, 0.6) is 0 Å². The topological polar surface area (TPSA) is 40.2 Å². The Hall–Kier alpha value is -1.57. The first-order chi connectivity index (χ1) is 14.0. The van der Waals surface area contributed by atoms with Crippen LogP contribution in [0.2, 0.25) is 5.02 Å². The number of nitrogens with one attached hydrogen (secondary N) is 2. The Kier molecular flexibility index (Phi) is 7.60. The van der Waals surface area contributed by atoms with Crippen LogP contribution in [0.25, 0.3) is 0 Å². The lowest BCUT2D eigenvalue weighted by atomic mass is 9.68. The molecule has 4 nitrogen and oxygen atoms in total. The Balaban J connectivity index is 0.000000755. The highest BCUT2D eigenvalue weighted by Gasteiger charge is 2.44. The third-order valence-electron chi connectivity index (χ3n) is 5.33. The molecular formula is C21H27ClF2N4S. The van der Waals surface area contributed by atoms with Crippen LogP contribution < -0.4 is 14.9 Å². The van der Waals surface area contributed by atoms with Crippen LogP contribution in [-0.4, -0.2) is 32.2 Å². The van der Waals surface area contributed by atoms with Crippen LogP contribution in [0.3, 0.4) is 0 Å². The summed E-state index contributed by atoms with van der Waals surface area (Å²) >= 11 is 7.09. The lowest BCUT2D eigenvalue weighted by Crippen LogP contribution is -2.57. The van der Waals surface area contributed by atoms with Gasteiger partial charge in [0, 0.05) is 30.8 Å². The molecule has 0 atom stereocenters. The van der Waals surface area contributed by atoms with Gasteiger partial charge in [-0.2, -0.15) is 0 Å². The number of hydrogen-bond acceptors (Lipinski definition) is 5. The number of anilines is 2. The molecule has 1 aliphatic heterocycles. The van der Waals surface area contributed by atoms with Gasteiger partial charge in [0.1, 0.15) is 21.6 Å². The lowest BCUT2D eigenvalue weighted by Gasteiger charge is -2.53. The number of aromatic nitrogens is 1. The minimum atomic E-state index is -0.723. The fourth-order valence-corrected chi connectivity index (χ4v) is 4.97. The minimum absolute atomic E-state index is 0.0117. The van der Waals surface area contributed by atoms with E-state index in [1.165, 1.54) is 38.2 Å². The van der Waals surface area contributed by atoms with E-state index in [2.05, 4.69) is 15.0 Å². The van der Waals surface area contributed by atoms with E-state index < -0.39 is 11.6 Å². The first kappa shape index (κ1) is 22.1. The van der Waals surface area contributed by atoms with Crippen molar-refractivity contribution in [3.8, 4) is 0 Å². The van der Waals surface area contributed by atoms with E-state index in [0.29, 0.717) is 16.9 Å². The fraction of sp³-hybridized carbons (Fsp3) is 0.476. The van der Waals surface area contributed by atoms with Gasteiger partial charge in [-0.3, -0.25) is 0 Å². The number of pyridine rings is 1. The first-order valence-corrected chi connectivity index (χ1v) is 11.0. The molecule has 1 aromatic heterocycles. The molecule has 1 spiro atoms. The van der Waals surface area contributed by atoms with E-state index in [-0.39, 0.29) is 9.92 Å². The number of benzene rings is 1. The Morgan fingerprint density at radius 3 is 2.45 bits per heavy atom. The maximum Gasteiger partial charge on any atom is 0.162 e. The lowest BCUT2D eigenvalue weighted by molar-refractivity contribution is 0.139. The number of rotatable bonds is 4. The maximum atomic E-state index is 14.7. The zero-order valence-corrected chi connectivity index (χ0v) is 18.3. The molecule has 0 amide bonds. The number of hydrogen-bond donors (Lipinski definition) is 2. The van der Waals surface area contributed by atoms with E-state index in [1.54, 1.807) is 24.4 Å².